The lowest BCUT2D eigenvalue weighted by atomic mass is 9.89. The van der Waals surface area contributed by atoms with Crippen molar-refractivity contribution in [2.75, 3.05) is 17.2 Å². The molecule has 2 N–H and O–H groups in total. The van der Waals surface area contributed by atoms with Crippen LogP contribution < -0.4 is 10.6 Å². The molecule has 0 aliphatic heterocycles. The molecule has 4 rings (SSSR count). The maximum Gasteiger partial charge on any atom is 0.257 e. The van der Waals surface area contributed by atoms with Crippen molar-refractivity contribution >= 4 is 28.2 Å². The van der Waals surface area contributed by atoms with Gasteiger partial charge in [0.2, 0.25) is 0 Å². The predicted octanol–water partition coefficient (Wildman–Crippen LogP) is 5.48. The maximum absolute atomic E-state index is 12.8. The van der Waals surface area contributed by atoms with E-state index in [9.17, 15) is 4.79 Å². The highest BCUT2D eigenvalue weighted by atomic mass is 16.1. The number of hydrogen-bond donors (Lipinski definition) is 2. The number of para-hydroxylation sites is 2. The summed E-state index contributed by atoms with van der Waals surface area (Å²) in [6, 6.07) is 17.6. The summed E-state index contributed by atoms with van der Waals surface area (Å²) in [7, 11) is 0. The molecule has 1 aromatic heterocycles. The van der Waals surface area contributed by atoms with Crippen molar-refractivity contribution in [3.63, 3.8) is 0 Å². The Morgan fingerprint density at radius 1 is 1.00 bits per heavy atom. The first-order valence-corrected chi connectivity index (χ1v) is 9.78. The Bertz CT molecular complexity index is 932. The number of nitrogens with one attached hydrogen (secondary N) is 2. The second-order valence-corrected chi connectivity index (χ2v) is 7.30. The second kappa shape index (κ2) is 8.21. The Hall–Kier alpha value is -2.88. The molecule has 0 saturated heterocycles. The lowest BCUT2D eigenvalue weighted by Crippen LogP contribution is -2.20. The molecule has 1 saturated carbocycles. The lowest BCUT2D eigenvalue weighted by Gasteiger charge is -2.23. The van der Waals surface area contributed by atoms with Crippen LogP contribution in [0.15, 0.2) is 60.8 Å². The third-order valence-electron chi connectivity index (χ3n) is 5.33. The summed E-state index contributed by atoms with van der Waals surface area (Å²) < 4.78 is 0. The lowest BCUT2D eigenvalue weighted by molar-refractivity contribution is 0.102. The molecule has 0 bridgehead atoms. The number of benzene rings is 2. The number of carbonyl (C=O) groups is 1. The molecule has 1 fully saturated rings. The molecule has 3 aromatic rings. The molecule has 27 heavy (non-hydrogen) atoms. The van der Waals surface area contributed by atoms with Crippen molar-refractivity contribution < 1.29 is 4.79 Å². The number of aromatic nitrogens is 1. The average molecular weight is 359 g/mol. The van der Waals surface area contributed by atoms with Crippen LogP contribution in [-0.2, 0) is 0 Å². The molecular formula is C23H25N3O. The number of pyridine rings is 1. The minimum atomic E-state index is -0.112. The van der Waals surface area contributed by atoms with Crippen molar-refractivity contribution in [3.8, 4) is 0 Å². The van der Waals surface area contributed by atoms with Gasteiger partial charge in [-0.1, -0.05) is 49.6 Å². The van der Waals surface area contributed by atoms with Crippen LogP contribution in [0.4, 0.5) is 11.4 Å². The SMILES string of the molecule is O=C(Nc1cnc2ccccc2c1)c1ccccc1NCC1CCCCC1. The fourth-order valence-electron chi connectivity index (χ4n) is 3.82. The summed E-state index contributed by atoms with van der Waals surface area (Å²) in [5, 5.41) is 7.50. The summed E-state index contributed by atoms with van der Waals surface area (Å²) in [4.78, 5) is 17.3. The Morgan fingerprint density at radius 2 is 1.78 bits per heavy atom. The Labute approximate surface area is 160 Å². The van der Waals surface area contributed by atoms with Crippen LogP contribution >= 0.6 is 0 Å². The molecule has 138 valence electrons. The van der Waals surface area contributed by atoms with Crippen LogP contribution in [0.5, 0.6) is 0 Å². The molecule has 4 heteroatoms. The van der Waals surface area contributed by atoms with Crippen molar-refractivity contribution in [3.05, 3.63) is 66.4 Å². The molecular weight excluding hydrogens is 334 g/mol. The van der Waals surface area contributed by atoms with Crippen molar-refractivity contribution in [2.45, 2.75) is 32.1 Å². The minimum absolute atomic E-state index is 0.112. The number of nitrogens with zero attached hydrogens (tertiary/aromatic N) is 1. The first kappa shape index (κ1) is 17.5. The van der Waals surface area contributed by atoms with E-state index in [2.05, 4.69) is 15.6 Å². The third kappa shape index (κ3) is 4.27. The largest absolute Gasteiger partial charge is 0.384 e. The fourth-order valence-corrected chi connectivity index (χ4v) is 3.82. The molecule has 0 unspecified atom stereocenters. The van der Waals surface area contributed by atoms with E-state index < -0.39 is 0 Å². The number of amides is 1. The van der Waals surface area contributed by atoms with Gasteiger partial charge < -0.3 is 10.6 Å². The van der Waals surface area contributed by atoms with Crippen LogP contribution in [0.2, 0.25) is 0 Å². The highest BCUT2D eigenvalue weighted by Gasteiger charge is 2.15. The van der Waals surface area contributed by atoms with Gasteiger partial charge in [0.25, 0.3) is 5.91 Å². The predicted molar refractivity (Wildman–Crippen MR) is 111 cm³/mol. The van der Waals surface area contributed by atoms with E-state index in [4.69, 9.17) is 0 Å². The zero-order valence-corrected chi connectivity index (χ0v) is 15.4. The van der Waals surface area contributed by atoms with E-state index in [1.807, 2.05) is 54.6 Å². The first-order chi connectivity index (χ1) is 13.3. The van der Waals surface area contributed by atoms with Gasteiger partial charge in [-0.3, -0.25) is 9.78 Å². The minimum Gasteiger partial charge on any atom is -0.384 e. The van der Waals surface area contributed by atoms with Gasteiger partial charge in [0.1, 0.15) is 0 Å². The van der Waals surface area contributed by atoms with Gasteiger partial charge in [0.15, 0.2) is 0 Å². The van der Waals surface area contributed by atoms with Gasteiger partial charge in [-0.05, 0) is 43.0 Å². The summed E-state index contributed by atoms with van der Waals surface area (Å²) in [6.07, 6.45) is 8.27. The second-order valence-electron chi connectivity index (χ2n) is 7.30. The molecule has 1 heterocycles. The fraction of sp³-hybridized carbons (Fsp3) is 0.304. The number of hydrogen-bond acceptors (Lipinski definition) is 3. The maximum atomic E-state index is 12.8. The van der Waals surface area contributed by atoms with Crippen LogP contribution in [-0.4, -0.2) is 17.4 Å². The normalized spacial score (nSPS) is 14.8. The summed E-state index contributed by atoms with van der Waals surface area (Å²) in [5.74, 6) is 0.596. The van der Waals surface area contributed by atoms with Crippen LogP contribution in [0.25, 0.3) is 10.9 Å². The first-order valence-electron chi connectivity index (χ1n) is 9.78. The smallest absolute Gasteiger partial charge is 0.257 e. The molecule has 2 aromatic carbocycles. The van der Waals surface area contributed by atoms with Gasteiger partial charge >= 0.3 is 0 Å². The van der Waals surface area contributed by atoms with E-state index in [0.717, 1.165) is 23.1 Å². The molecule has 1 aliphatic rings. The van der Waals surface area contributed by atoms with E-state index in [1.54, 1.807) is 6.20 Å². The molecule has 1 amide bonds. The van der Waals surface area contributed by atoms with Gasteiger partial charge in [0, 0.05) is 17.6 Å². The monoisotopic (exact) mass is 359 g/mol. The van der Waals surface area contributed by atoms with E-state index in [1.165, 1.54) is 32.1 Å². The van der Waals surface area contributed by atoms with Gasteiger partial charge in [0.05, 0.1) is 23.0 Å². The standard InChI is InChI=1S/C23H25N3O/c27-23(26-19-14-18-10-4-6-12-21(18)25-16-19)20-11-5-7-13-22(20)24-15-17-8-2-1-3-9-17/h4-7,10-14,16-17,24H,1-3,8-9,15H2,(H,26,27). The molecule has 0 radical (unpaired) electrons. The van der Waals surface area contributed by atoms with Crippen LogP contribution in [0.1, 0.15) is 42.5 Å². The van der Waals surface area contributed by atoms with E-state index >= 15 is 0 Å². The highest BCUT2D eigenvalue weighted by Crippen LogP contribution is 2.25. The summed E-state index contributed by atoms with van der Waals surface area (Å²) in [6.45, 7) is 0.932. The van der Waals surface area contributed by atoms with Crippen molar-refractivity contribution in [1.29, 1.82) is 0 Å². The van der Waals surface area contributed by atoms with E-state index in [0.29, 0.717) is 17.2 Å². The van der Waals surface area contributed by atoms with Crippen LogP contribution in [0.3, 0.4) is 0 Å². The molecule has 0 spiro atoms. The Kier molecular flexibility index (Phi) is 5.33. The van der Waals surface area contributed by atoms with Gasteiger partial charge in [-0.15, -0.1) is 0 Å². The molecule has 0 atom stereocenters. The zero-order valence-electron chi connectivity index (χ0n) is 15.4. The Morgan fingerprint density at radius 3 is 2.67 bits per heavy atom. The number of carbonyl (C=O) groups excluding carboxylic acids is 1. The van der Waals surface area contributed by atoms with E-state index in [-0.39, 0.29) is 5.91 Å². The number of rotatable bonds is 5. The van der Waals surface area contributed by atoms with Gasteiger partial charge in [-0.2, -0.15) is 0 Å². The summed E-state index contributed by atoms with van der Waals surface area (Å²) in [5.41, 5.74) is 3.20. The number of fused-ring (bicyclic) bond motifs is 1. The quantitative estimate of drug-likeness (QED) is 0.634. The molecule has 1 aliphatic carbocycles. The third-order valence-corrected chi connectivity index (χ3v) is 5.33. The topological polar surface area (TPSA) is 54.0 Å². The van der Waals surface area contributed by atoms with Crippen LogP contribution in [0, 0.1) is 5.92 Å². The zero-order chi connectivity index (χ0) is 18.5. The van der Waals surface area contributed by atoms with Gasteiger partial charge in [-0.25, -0.2) is 0 Å². The highest BCUT2D eigenvalue weighted by molar-refractivity contribution is 6.08. The van der Waals surface area contributed by atoms with Crippen molar-refractivity contribution in [1.82, 2.24) is 4.98 Å². The Balaban J connectivity index is 1.47. The van der Waals surface area contributed by atoms with Crippen molar-refractivity contribution in [2.24, 2.45) is 5.92 Å². The average Bonchev–Trinajstić information content (AvgIpc) is 2.73. The number of anilines is 2. The molecule has 4 nitrogen and oxygen atoms in total. The summed E-state index contributed by atoms with van der Waals surface area (Å²) >= 11 is 0.